The molecule has 1 atom stereocenters. The van der Waals surface area contributed by atoms with E-state index >= 15 is 0 Å². The van der Waals surface area contributed by atoms with E-state index < -0.39 is 12.1 Å². The predicted octanol–water partition coefficient (Wildman–Crippen LogP) is 5.94. The highest BCUT2D eigenvalue weighted by atomic mass is 16.4. The third-order valence-corrected chi connectivity index (χ3v) is 4.48. The van der Waals surface area contributed by atoms with Gasteiger partial charge in [-0.05, 0) is 12.3 Å². The van der Waals surface area contributed by atoms with Gasteiger partial charge in [-0.15, -0.1) is 0 Å². The van der Waals surface area contributed by atoms with Crippen LogP contribution in [0.4, 0.5) is 0 Å². The first-order valence-electron chi connectivity index (χ1n) is 9.92. The van der Waals surface area contributed by atoms with Crippen LogP contribution in [0.2, 0.25) is 0 Å². The summed E-state index contributed by atoms with van der Waals surface area (Å²) in [5.74, 6) is -0.0483. The van der Waals surface area contributed by atoms with Gasteiger partial charge in [0, 0.05) is 0 Å². The molecule has 0 aromatic heterocycles. The average Bonchev–Trinajstić information content (AvgIpc) is 2.46. The molecule has 0 fully saturated rings. The predicted molar refractivity (Wildman–Crippen MR) is 97.7 cm³/mol. The molecule has 0 bridgehead atoms. The lowest BCUT2D eigenvalue weighted by molar-refractivity contribution is -0.139. The largest absolute Gasteiger partial charge is 0.481 e. The topological polar surface area (TPSA) is 57.5 Å². The Morgan fingerprint density at radius 3 is 1.39 bits per heavy atom. The fourth-order valence-electron chi connectivity index (χ4n) is 3.00. The minimum atomic E-state index is -0.905. The highest BCUT2D eigenvalue weighted by molar-refractivity contribution is 5.67. The van der Waals surface area contributed by atoms with E-state index in [2.05, 4.69) is 13.8 Å². The Hall–Kier alpha value is -0.570. The van der Waals surface area contributed by atoms with E-state index in [1.165, 1.54) is 70.6 Å². The third-order valence-electron chi connectivity index (χ3n) is 4.48. The SMILES string of the molecule is CC(C)CCCCCCCCCCCCCCC(O)CC(=O)O. The van der Waals surface area contributed by atoms with E-state index in [4.69, 9.17) is 5.11 Å². The molecule has 0 radical (unpaired) electrons. The van der Waals surface area contributed by atoms with Gasteiger partial charge in [-0.2, -0.15) is 0 Å². The molecule has 0 saturated carbocycles. The Bertz CT molecular complexity index is 264. The Kier molecular flexibility index (Phi) is 15.9. The van der Waals surface area contributed by atoms with Crippen LogP contribution in [0.15, 0.2) is 0 Å². The molecule has 23 heavy (non-hydrogen) atoms. The summed E-state index contributed by atoms with van der Waals surface area (Å²) in [4.78, 5) is 10.4. The first kappa shape index (κ1) is 22.4. The molecule has 0 saturated heterocycles. The van der Waals surface area contributed by atoms with Crippen LogP contribution >= 0.6 is 0 Å². The molecule has 0 aliphatic carbocycles. The lowest BCUT2D eigenvalue weighted by Gasteiger charge is -2.07. The molecule has 0 aromatic carbocycles. The van der Waals surface area contributed by atoms with Gasteiger partial charge in [-0.25, -0.2) is 0 Å². The van der Waals surface area contributed by atoms with Crippen LogP contribution in [0.5, 0.6) is 0 Å². The van der Waals surface area contributed by atoms with Crippen molar-refractivity contribution >= 4 is 5.97 Å². The van der Waals surface area contributed by atoms with Crippen molar-refractivity contribution in [3.05, 3.63) is 0 Å². The molecule has 0 aliphatic rings. The molecule has 0 spiro atoms. The van der Waals surface area contributed by atoms with Gasteiger partial charge < -0.3 is 10.2 Å². The van der Waals surface area contributed by atoms with E-state index in [9.17, 15) is 9.90 Å². The molecule has 0 heterocycles. The molecule has 2 N–H and O–H groups in total. The van der Waals surface area contributed by atoms with Gasteiger partial charge in [0.1, 0.15) is 0 Å². The molecule has 3 heteroatoms. The molecular formula is C20H40O3. The van der Waals surface area contributed by atoms with Crippen molar-refractivity contribution in [2.75, 3.05) is 0 Å². The van der Waals surface area contributed by atoms with Crippen molar-refractivity contribution in [2.24, 2.45) is 5.92 Å². The zero-order valence-electron chi connectivity index (χ0n) is 15.6. The standard InChI is InChI=1S/C20H40O3/c1-18(2)15-13-11-9-7-5-3-4-6-8-10-12-14-16-19(21)17-20(22)23/h18-19,21H,3-17H2,1-2H3,(H,22,23). The molecule has 3 nitrogen and oxygen atoms in total. The number of unbranched alkanes of at least 4 members (excludes halogenated alkanes) is 11. The van der Waals surface area contributed by atoms with Gasteiger partial charge in [0.25, 0.3) is 0 Å². The van der Waals surface area contributed by atoms with E-state index in [-0.39, 0.29) is 6.42 Å². The van der Waals surface area contributed by atoms with E-state index in [1.807, 2.05) is 0 Å². The Morgan fingerprint density at radius 2 is 1.04 bits per heavy atom. The van der Waals surface area contributed by atoms with Gasteiger partial charge in [-0.1, -0.05) is 97.3 Å². The minimum Gasteiger partial charge on any atom is -0.481 e. The molecule has 0 rings (SSSR count). The first-order chi connectivity index (χ1) is 11.0. The normalized spacial score (nSPS) is 12.7. The summed E-state index contributed by atoms with van der Waals surface area (Å²) >= 11 is 0. The van der Waals surface area contributed by atoms with Gasteiger partial charge in [0.2, 0.25) is 0 Å². The molecule has 0 amide bonds. The lowest BCUT2D eigenvalue weighted by Crippen LogP contribution is -2.12. The van der Waals surface area contributed by atoms with Crippen molar-refractivity contribution in [3.63, 3.8) is 0 Å². The summed E-state index contributed by atoms with van der Waals surface area (Å²) in [6.07, 6.45) is 16.9. The van der Waals surface area contributed by atoms with E-state index in [0.717, 1.165) is 18.8 Å². The van der Waals surface area contributed by atoms with Crippen LogP contribution in [0.1, 0.15) is 110 Å². The maximum atomic E-state index is 10.4. The summed E-state index contributed by atoms with van der Waals surface area (Å²) in [7, 11) is 0. The van der Waals surface area contributed by atoms with Gasteiger partial charge >= 0.3 is 5.97 Å². The fraction of sp³-hybridized carbons (Fsp3) is 0.950. The van der Waals surface area contributed by atoms with Crippen LogP contribution in [-0.2, 0) is 4.79 Å². The van der Waals surface area contributed by atoms with Crippen molar-refractivity contribution in [2.45, 2.75) is 116 Å². The van der Waals surface area contributed by atoms with E-state index in [1.54, 1.807) is 0 Å². The number of hydrogen-bond acceptors (Lipinski definition) is 2. The summed E-state index contributed by atoms with van der Waals surface area (Å²) in [6.45, 7) is 4.61. The van der Waals surface area contributed by atoms with Crippen molar-refractivity contribution in [1.29, 1.82) is 0 Å². The van der Waals surface area contributed by atoms with Crippen molar-refractivity contribution in [1.82, 2.24) is 0 Å². The number of rotatable bonds is 17. The highest BCUT2D eigenvalue weighted by Crippen LogP contribution is 2.14. The molecular weight excluding hydrogens is 288 g/mol. The Balaban J connectivity index is 3.09. The maximum absolute atomic E-state index is 10.4. The number of carboxylic acids is 1. The second-order valence-corrected chi connectivity index (χ2v) is 7.47. The molecule has 0 aliphatic heterocycles. The zero-order chi connectivity index (χ0) is 17.3. The summed E-state index contributed by atoms with van der Waals surface area (Å²) < 4.78 is 0. The number of aliphatic carboxylic acids is 1. The summed E-state index contributed by atoms with van der Waals surface area (Å²) in [5.41, 5.74) is 0. The Morgan fingerprint density at radius 1 is 0.696 bits per heavy atom. The van der Waals surface area contributed by atoms with Crippen LogP contribution in [0.3, 0.4) is 0 Å². The van der Waals surface area contributed by atoms with Crippen molar-refractivity contribution < 1.29 is 15.0 Å². The second kappa shape index (κ2) is 16.3. The number of aliphatic hydroxyl groups excluding tert-OH is 1. The van der Waals surface area contributed by atoms with Gasteiger partial charge in [-0.3, -0.25) is 4.79 Å². The number of carbonyl (C=O) groups is 1. The Labute approximate surface area is 143 Å². The fourth-order valence-corrected chi connectivity index (χ4v) is 3.00. The molecule has 1 unspecified atom stereocenters. The zero-order valence-corrected chi connectivity index (χ0v) is 15.6. The average molecular weight is 329 g/mol. The number of carboxylic acid groups (broad SMARTS) is 1. The monoisotopic (exact) mass is 328 g/mol. The molecule has 0 aromatic rings. The third kappa shape index (κ3) is 19.4. The number of aliphatic hydroxyl groups is 1. The maximum Gasteiger partial charge on any atom is 0.305 e. The van der Waals surface area contributed by atoms with Crippen LogP contribution in [-0.4, -0.2) is 22.3 Å². The first-order valence-corrected chi connectivity index (χ1v) is 9.92. The second-order valence-electron chi connectivity index (χ2n) is 7.47. The van der Waals surface area contributed by atoms with E-state index in [0.29, 0.717) is 6.42 Å². The minimum absolute atomic E-state index is 0.114. The van der Waals surface area contributed by atoms with Crippen LogP contribution in [0, 0.1) is 5.92 Å². The van der Waals surface area contributed by atoms with Gasteiger partial charge in [0.15, 0.2) is 0 Å². The summed E-state index contributed by atoms with van der Waals surface area (Å²) in [6, 6.07) is 0. The smallest absolute Gasteiger partial charge is 0.305 e. The highest BCUT2D eigenvalue weighted by Gasteiger charge is 2.08. The lowest BCUT2D eigenvalue weighted by atomic mass is 10.0. The van der Waals surface area contributed by atoms with Gasteiger partial charge in [0.05, 0.1) is 12.5 Å². The summed E-state index contributed by atoms with van der Waals surface area (Å²) in [5, 5.41) is 18.0. The van der Waals surface area contributed by atoms with Crippen LogP contribution in [0.25, 0.3) is 0 Å². The van der Waals surface area contributed by atoms with Crippen LogP contribution < -0.4 is 0 Å². The van der Waals surface area contributed by atoms with Crippen molar-refractivity contribution in [3.8, 4) is 0 Å². The quantitative estimate of drug-likeness (QED) is 0.325. The molecule has 138 valence electrons. The number of hydrogen-bond donors (Lipinski definition) is 2.